The zero-order valence-electron chi connectivity index (χ0n) is 25.3. The van der Waals surface area contributed by atoms with Crippen LogP contribution in [-0.2, 0) is 6.42 Å². The lowest BCUT2D eigenvalue weighted by molar-refractivity contribution is -0.706. The summed E-state index contributed by atoms with van der Waals surface area (Å²) in [6.45, 7) is 5.41. The molecule has 0 N–H and O–H groups in total. The Morgan fingerprint density at radius 2 is 1.23 bits per heavy atom. The second-order valence-corrected chi connectivity index (χ2v) is 13.1. The van der Waals surface area contributed by atoms with Crippen molar-refractivity contribution in [1.82, 2.24) is 0 Å². The Hall–Kier alpha value is -1.71. The Morgan fingerprint density at radius 1 is 0.692 bits per heavy atom. The number of hydrogen-bond acceptors (Lipinski definition) is 1. The molecular weight excluding hydrogens is 478 g/mol. The Bertz CT molecular complexity index is 894. The van der Waals surface area contributed by atoms with Gasteiger partial charge in [0.15, 0.2) is 5.54 Å². The molecule has 1 aromatic rings. The second kappa shape index (κ2) is 15.9. The van der Waals surface area contributed by atoms with Gasteiger partial charge in [-0.2, -0.15) is 0 Å². The van der Waals surface area contributed by atoms with Crippen molar-refractivity contribution in [3.8, 4) is 5.75 Å². The fraction of sp³-hybridized carbons (Fsp3) is 0.800. The van der Waals surface area contributed by atoms with Crippen molar-refractivity contribution >= 4 is 6.21 Å². The monoisotopic (exact) mass is 536 g/mol. The minimum Gasteiger partial charge on any atom is -0.505 e. The normalized spacial score (nSPS) is 24.6. The van der Waals surface area contributed by atoms with E-state index in [4.69, 9.17) is 4.74 Å². The SMILES string of the molecule is CCCCCCCCCCCCCCCCOc1ccc(CC23CCC[N+]4=CC(CCC4)(CCC2)[N+]3=[N-])cc1. The van der Waals surface area contributed by atoms with Crippen LogP contribution in [0.1, 0.15) is 147 Å². The van der Waals surface area contributed by atoms with Gasteiger partial charge < -0.3 is 15.0 Å². The van der Waals surface area contributed by atoms with Gasteiger partial charge in [0.05, 0.1) is 6.61 Å². The zero-order chi connectivity index (χ0) is 27.2. The minimum absolute atomic E-state index is 0.130. The van der Waals surface area contributed by atoms with Gasteiger partial charge in [-0.15, -0.1) is 0 Å². The zero-order valence-corrected chi connectivity index (χ0v) is 25.3. The molecule has 0 radical (unpaired) electrons. The van der Waals surface area contributed by atoms with Crippen molar-refractivity contribution in [2.75, 3.05) is 19.7 Å². The number of ether oxygens (including phenoxy) is 1. The van der Waals surface area contributed by atoms with Crippen LogP contribution in [-0.4, -0.2) is 46.3 Å². The maximum Gasteiger partial charge on any atom is 0.228 e. The van der Waals surface area contributed by atoms with Crippen LogP contribution in [0.15, 0.2) is 24.3 Å². The Kier molecular flexibility index (Phi) is 12.3. The molecule has 2 atom stereocenters. The largest absolute Gasteiger partial charge is 0.505 e. The highest BCUT2D eigenvalue weighted by Gasteiger charge is 2.55. The van der Waals surface area contributed by atoms with E-state index in [1.807, 2.05) is 4.70 Å². The third kappa shape index (κ3) is 8.89. The molecule has 1 fully saturated rings. The topological polar surface area (TPSA) is 37.5 Å². The highest BCUT2D eigenvalue weighted by molar-refractivity contribution is 5.64. The summed E-state index contributed by atoms with van der Waals surface area (Å²) in [5.74, 6) is 0.987. The Morgan fingerprint density at radius 3 is 1.87 bits per heavy atom. The molecule has 3 bridgehead atoms. The van der Waals surface area contributed by atoms with Crippen molar-refractivity contribution < 1.29 is 14.0 Å². The van der Waals surface area contributed by atoms with Gasteiger partial charge in [0.1, 0.15) is 18.8 Å². The lowest BCUT2D eigenvalue weighted by atomic mass is 9.71. The van der Waals surface area contributed by atoms with Crippen molar-refractivity contribution in [3.63, 3.8) is 0 Å². The Balaban J connectivity index is 1.09. The molecule has 1 saturated heterocycles. The Labute approximate surface area is 240 Å². The predicted molar refractivity (Wildman–Crippen MR) is 163 cm³/mol. The predicted octanol–water partition coefficient (Wildman–Crippen LogP) is 9.46. The molecule has 1 aromatic carbocycles. The van der Waals surface area contributed by atoms with Gasteiger partial charge in [0.25, 0.3) is 0 Å². The molecule has 2 unspecified atom stereocenters. The van der Waals surface area contributed by atoms with Crippen LogP contribution < -0.4 is 4.74 Å². The highest BCUT2D eigenvalue weighted by Crippen LogP contribution is 2.43. The van der Waals surface area contributed by atoms with Crippen molar-refractivity contribution in [3.05, 3.63) is 35.4 Å². The number of piperidine rings is 1. The van der Waals surface area contributed by atoms with Crippen molar-refractivity contribution in [2.24, 2.45) is 0 Å². The van der Waals surface area contributed by atoms with Crippen LogP contribution >= 0.6 is 0 Å². The number of benzene rings is 1. The van der Waals surface area contributed by atoms with E-state index in [-0.39, 0.29) is 11.1 Å². The van der Waals surface area contributed by atoms with E-state index in [9.17, 15) is 5.53 Å². The van der Waals surface area contributed by atoms with Gasteiger partial charge in [0, 0.05) is 44.9 Å². The van der Waals surface area contributed by atoms with E-state index < -0.39 is 0 Å². The highest BCUT2D eigenvalue weighted by atomic mass is 16.5. The van der Waals surface area contributed by atoms with Crippen LogP contribution in [0, 0.1) is 0 Å². The molecule has 0 amide bonds. The van der Waals surface area contributed by atoms with Crippen molar-refractivity contribution in [2.45, 2.75) is 159 Å². The van der Waals surface area contributed by atoms with Crippen LogP contribution in [0.4, 0.5) is 0 Å². The maximum atomic E-state index is 11.6. The van der Waals surface area contributed by atoms with Gasteiger partial charge in [0.2, 0.25) is 11.8 Å². The average molecular weight is 537 g/mol. The number of fused-ring (bicyclic) bond motifs is 1. The van der Waals surface area contributed by atoms with Crippen molar-refractivity contribution in [1.29, 1.82) is 0 Å². The van der Waals surface area contributed by atoms with E-state index in [1.54, 1.807) is 0 Å². The van der Waals surface area contributed by atoms with E-state index in [0.717, 1.165) is 70.4 Å². The van der Waals surface area contributed by atoms with E-state index >= 15 is 0 Å². The third-order valence-corrected chi connectivity index (χ3v) is 9.91. The summed E-state index contributed by atoms with van der Waals surface area (Å²) in [6, 6.07) is 8.76. The van der Waals surface area contributed by atoms with Gasteiger partial charge in [-0.3, -0.25) is 0 Å². The number of unbranched alkanes of at least 4 members (excludes halogenated alkanes) is 13. The summed E-state index contributed by atoms with van der Waals surface area (Å²) in [6.07, 6.45) is 30.6. The maximum absolute atomic E-state index is 11.6. The van der Waals surface area contributed by atoms with Gasteiger partial charge >= 0.3 is 0 Å². The smallest absolute Gasteiger partial charge is 0.228 e. The molecule has 3 aliphatic heterocycles. The van der Waals surface area contributed by atoms with Gasteiger partial charge in [-0.25, -0.2) is 4.58 Å². The molecule has 4 rings (SSSR count). The second-order valence-electron chi connectivity index (χ2n) is 13.1. The molecule has 218 valence electrons. The van der Waals surface area contributed by atoms with E-state index in [2.05, 4.69) is 42.0 Å². The summed E-state index contributed by atoms with van der Waals surface area (Å²) < 4.78 is 10.4. The number of nitrogens with zero attached hydrogens (tertiary/aromatic N) is 3. The summed E-state index contributed by atoms with van der Waals surface area (Å²) in [4.78, 5) is 0. The molecule has 1 spiro atoms. The minimum atomic E-state index is -0.145. The molecular formula is C35H58N3O+. The molecule has 0 saturated carbocycles. The quantitative estimate of drug-likeness (QED) is 0.136. The summed E-state index contributed by atoms with van der Waals surface area (Å²) in [5.41, 5.74) is 12.7. The lowest BCUT2D eigenvalue weighted by Gasteiger charge is -2.47. The average Bonchev–Trinajstić information content (AvgIpc) is 2.95. The standard InChI is InChI=1S/C35H58N3O/c1-2-3-4-5-6-7-8-9-10-11-12-13-14-15-29-39-33-21-19-32(20-22-33)30-34-23-16-24-35(38(34)36)26-18-28-37(31-35)27-17-25-34/h19-22,31H,2-18,23-30H2,1H3/q+1. The fourth-order valence-corrected chi connectivity index (χ4v) is 7.66. The van der Waals surface area contributed by atoms with Crippen LogP contribution in [0.3, 0.4) is 0 Å². The number of rotatable bonds is 18. The molecule has 4 heteroatoms. The first-order chi connectivity index (χ1) is 19.2. The molecule has 39 heavy (non-hydrogen) atoms. The summed E-state index contributed by atoms with van der Waals surface area (Å²) in [7, 11) is 0. The first-order valence-electron chi connectivity index (χ1n) is 17.0. The fourth-order valence-electron chi connectivity index (χ4n) is 7.66. The molecule has 4 nitrogen and oxygen atoms in total. The van der Waals surface area contributed by atoms with Gasteiger partial charge in [-0.1, -0.05) is 103 Å². The van der Waals surface area contributed by atoms with Crippen LogP contribution in [0.5, 0.6) is 5.75 Å². The first kappa shape index (κ1) is 30.3. The first-order valence-corrected chi connectivity index (χ1v) is 17.0. The van der Waals surface area contributed by atoms with E-state index in [1.165, 1.54) is 102 Å². The molecule has 3 heterocycles. The summed E-state index contributed by atoms with van der Waals surface area (Å²) >= 11 is 0. The van der Waals surface area contributed by atoms with E-state index in [0.29, 0.717) is 0 Å². The lowest BCUT2D eigenvalue weighted by Crippen LogP contribution is -2.62. The molecule has 3 aliphatic rings. The van der Waals surface area contributed by atoms with Gasteiger partial charge in [-0.05, 0) is 30.5 Å². The molecule has 0 aromatic heterocycles. The third-order valence-electron chi connectivity index (χ3n) is 9.91. The molecule has 0 aliphatic carbocycles. The summed E-state index contributed by atoms with van der Waals surface area (Å²) in [5, 5.41) is 0. The number of hydrogen-bond donors (Lipinski definition) is 0. The van der Waals surface area contributed by atoms with Crippen LogP contribution in [0.25, 0.3) is 5.53 Å². The van der Waals surface area contributed by atoms with Crippen LogP contribution in [0.2, 0.25) is 0 Å².